The number of ether oxygens (including phenoxy) is 1. The third-order valence-electron chi connectivity index (χ3n) is 2.76. The molecule has 0 unspecified atom stereocenters. The maximum absolute atomic E-state index is 13.0. The highest BCUT2D eigenvalue weighted by atomic mass is 19.4. The number of carbonyl (C=O) groups excluding carboxylic acids is 1. The van der Waals surface area contributed by atoms with Crippen LogP contribution in [-0.2, 0) is 15.1 Å². The van der Waals surface area contributed by atoms with E-state index in [2.05, 4.69) is 4.74 Å². The third kappa shape index (κ3) is 2.61. The maximum Gasteiger partial charge on any atom is 0.432 e. The first-order valence-electron chi connectivity index (χ1n) is 5.30. The number of nitrogens with zero attached hydrogens (tertiary/aromatic N) is 1. The van der Waals surface area contributed by atoms with Gasteiger partial charge in [0.2, 0.25) is 0 Å². The van der Waals surface area contributed by atoms with Gasteiger partial charge in [-0.3, -0.25) is 10.1 Å². The zero-order valence-corrected chi connectivity index (χ0v) is 10.7. The molecule has 1 N–H and O–H groups in total. The smallest absolute Gasteiger partial charge is 0.432 e. The van der Waals surface area contributed by atoms with Crippen LogP contribution in [-0.4, -0.2) is 29.3 Å². The number of carbonyl (C=O) groups is 1. The molecule has 10 heteroatoms. The van der Waals surface area contributed by atoms with Crippen molar-refractivity contribution >= 4 is 11.7 Å². The van der Waals surface area contributed by atoms with Gasteiger partial charge in [-0.15, -0.1) is 0 Å². The van der Waals surface area contributed by atoms with Crippen LogP contribution in [0.2, 0.25) is 0 Å². The number of hydrogen-bond acceptors (Lipinski definition) is 6. The fraction of sp³-hybridized carbons (Fsp3) is 0.364. The van der Waals surface area contributed by atoms with Gasteiger partial charge >= 0.3 is 12.1 Å². The zero-order valence-electron chi connectivity index (χ0n) is 10.7. The van der Waals surface area contributed by atoms with Crippen molar-refractivity contribution in [3.63, 3.8) is 0 Å². The number of halogens is 3. The Hall–Kier alpha value is -2.36. The van der Waals surface area contributed by atoms with Crippen molar-refractivity contribution in [1.82, 2.24) is 0 Å². The summed E-state index contributed by atoms with van der Waals surface area (Å²) in [6.45, 7) is 1.02. The van der Waals surface area contributed by atoms with Crippen LogP contribution in [0.3, 0.4) is 0 Å². The highest BCUT2D eigenvalue weighted by Crippen LogP contribution is 2.42. The molecule has 0 bridgehead atoms. The summed E-state index contributed by atoms with van der Waals surface area (Å²) in [6, 6.07) is 0.763. The molecule has 21 heavy (non-hydrogen) atoms. The van der Waals surface area contributed by atoms with Crippen LogP contribution in [0.4, 0.5) is 18.9 Å². The topological polar surface area (TPSA) is 113 Å². The molecule has 1 aromatic rings. The minimum atomic E-state index is -5.50. The van der Waals surface area contributed by atoms with E-state index in [1.54, 1.807) is 0 Å². The largest absolute Gasteiger partial charge is 0.868 e. The molecule has 1 rings (SSSR count). The van der Waals surface area contributed by atoms with Crippen molar-refractivity contribution < 1.29 is 37.8 Å². The molecule has 1 aromatic carbocycles. The number of rotatable bonds is 3. The summed E-state index contributed by atoms with van der Waals surface area (Å²) in [7, 11) is 0.613. The fourth-order valence-corrected chi connectivity index (χ4v) is 1.64. The predicted octanol–water partition coefficient (Wildman–Crippen LogP) is 0.900. The van der Waals surface area contributed by atoms with E-state index in [4.69, 9.17) is 0 Å². The Morgan fingerprint density at radius 3 is 2.29 bits per heavy atom. The second-order valence-electron chi connectivity index (χ2n) is 4.10. The Kier molecular flexibility index (Phi) is 4.14. The van der Waals surface area contributed by atoms with Crippen molar-refractivity contribution in [2.75, 3.05) is 7.11 Å². The van der Waals surface area contributed by atoms with Crippen molar-refractivity contribution in [2.45, 2.75) is 18.7 Å². The van der Waals surface area contributed by atoms with Crippen molar-refractivity contribution in [3.05, 3.63) is 33.4 Å². The average molecular weight is 308 g/mol. The van der Waals surface area contributed by atoms with E-state index in [1.165, 1.54) is 0 Å². The monoisotopic (exact) mass is 308 g/mol. The number of nitro benzene ring substituents is 1. The normalized spacial score (nSPS) is 14.4. The molecule has 0 saturated heterocycles. The van der Waals surface area contributed by atoms with E-state index in [1.807, 2.05) is 0 Å². The van der Waals surface area contributed by atoms with Gasteiger partial charge in [-0.1, -0.05) is 11.6 Å². The minimum Gasteiger partial charge on any atom is -0.868 e. The summed E-state index contributed by atoms with van der Waals surface area (Å²) < 4.78 is 42.9. The molecule has 1 atom stereocenters. The van der Waals surface area contributed by atoms with Crippen LogP contribution in [0.5, 0.6) is 5.75 Å². The third-order valence-corrected chi connectivity index (χ3v) is 2.76. The Balaban J connectivity index is 3.69. The molecule has 0 saturated carbocycles. The van der Waals surface area contributed by atoms with Gasteiger partial charge < -0.3 is 14.9 Å². The van der Waals surface area contributed by atoms with Gasteiger partial charge in [0, 0.05) is 11.6 Å². The predicted molar refractivity (Wildman–Crippen MR) is 59.2 cm³/mol. The molecule has 0 aliphatic heterocycles. The van der Waals surface area contributed by atoms with Gasteiger partial charge in [-0.05, 0) is 12.7 Å². The minimum absolute atomic E-state index is 0.208. The molecular formula is C11H9F3NO6-. The second kappa shape index (κ2) is 5.20. The number of aryl methyl sites for hydroxylation is 1. The number of methoxy groups -OCH3 is 1. The zero-order chi connectivity index (χ0) is 16.6. The van der Waals surface area contributed by atoms with E-state index in [9.17, 15) is 38.3 Å². The lowest BCUT2D eigenvalue weighted by atomic mass is 9.91. The number of aliphatic hydroxyl groups is 1. The van der Waals surface area contributed by atoms with Crippen LogP contribution >= 0.6 is 0 Å². The summed E-state index contributed by atoms with van der Waals surface area (Å²) in [5.74, 6) is -3.18. The van der Waals surface area contributed by atoms with E-state index < -0.39 is 45.2 Å². The Labute approximate surface area is 115 Å². The van der Waals surface area contributed by atoms with E-state index >= 15 is 0 Å². The molecule has 0 aromatic heterocycles. The molecule has 0 aliphatic rings. The van der Waals surface area contributed by atoms with Gasteiger partial charge in [0.15, 0.2) is 0 Å². The average Bonchev–Trinajstić information content (AvgIpc) is 2.37. The lowest BCUT2D eigenvalue weighted by molar-refractivity contribution is -0.398. The number of nitro groups is 1. The molecule has 0 fully saturated rings. The van der Waals surface area contributed by atoms with Crippen molar-refractivity contribution in [1.29, 1.82) is 0 Å². The molecule has 0 heterocycles. The SMILES string of the molecule is COC(=O)[C@](O)(c1cc(C)c([O-])c([N+](=O)[O-])c1)C(F)(F)F. The maximum atomic E-state index is 13.0. The number of benzene rings is 1. The van der Waals surface area contributed by atoms with Crippen LogP contribution in [0.25, 0.3) is 0 Å². The van der Waals surface area contributed by atoms with Crippen LogP contribution < -0.4 is 5.11 Å². The molecule has 0 aliphatic carbocycles. The molecule has 116 valence electrons. The van der Waals surface area contributed by atoms with Gasteiger partial charge in [0.05, 0.1) is 12.0 Å². The summed E-state index contributed by atoms with van der Waals surface area (Å²) in [5.41, 5.74) is -6.88. The molecule has 0 radical (unpaired) electrons. The Morgan fingerprint density at radius 1 is 1.38 bits per heavy atom. The fourth-order valence-electron chi connectivity index (χ4n) is 1.64. The van der Waals surface area contributed by atoms with E-state index in [0.717, 1.165) is 6.92 Å². The summed E-state index contributed by atoms with van der Waals surface area (Å²) >= 11 is 0. The Bertz CT molecular complexity index is 600. The number of hydrogen-bond donors (Lipinski definition) is 1. The van der Waals surface area contributed by atoms with Crippen LogP contribution in [0, 0.1) is 17.0 Å². The summed E-state index contributed by atoms with van der Waals surface area (Å²) in [6.07, 6.45) is -5.50. The first-order valence-corrected chi connectivity index (χ1v) is 5.30. The lowest BCUT2D eigenvalue weighted by Crippen LogP contribution is -2.50. The highest BCUT2D eigenvalue weighted by Gasteiger charge is 2.62. The lowest BCUT2D eigenvalue weighted by Gasteiger charge is -2.28. The Morgan fingerprint density at radius 2 is 1.90 bits per heavy atom. The summed E-state index contributed by atoms with van der Waals surface area (Å²) in [4.78, 5) is 20.8. The number of alkyl halides is 3. The quantitative estimate of drug-likeness (QED) is 0.504. The summed E-state index contributed by atoms with van der Waals surface area (Å²) in [5, 5.41) is 31.8. The van der Waals surface area contributed by atoms with Crippen molar-refractivity contribution in [3.8, 4) is 5.75 Å². The molecular weight excluding hydrogens is 299 g/mol. The van der Waals surface area contributed by atoms with Gasteiger partial charge in [-0.25, -0.2) is 4.79 Å². The number of esters is 1. The first-order chi connectivity index (χ1) is 9.46. The van der Waals surface area contributed by atoms with E-state index in [0.29, 0.717) is 13.2 Å². The van der Waals surface area contributed by atoms with Crippen molar-refractivity contribution in [2.24, 2.45) is 0 Å². The standard InChI is InChI=1S/C11H10F3NO6/c1-5-3-6(4-7(8(5)16)15(19)20)10(18,9(17)21-2)11(12,13)14/h3-4,16,18H,1-2H3/p-1/t10-/m1/s1. The van der Waals surface area contributed by atoms with Crippen LogP contribution in [0.1, 0.15) is 11.1 Å². The highest BCUT2D eigenvalue weighted by molar-refractivity contribution is 5.82. The van der Waals surface area contributed by atoms with E-state index in [-0.39, 0.29) is 6.07 Å². The van der Waals surface area contributed by atoms with Gasteiger partial charge in [0.25, 0.3) is 11.3 Å². The van der Waals surface area contributed by atoms with Gasteiger partial charge in [0.1, 0.15) is 0 Å². The first kappa shape index (κ1) is 16.7. The molecule has 7 nitrogen and oxygen atoms in total. The van der Waals surface area contributed by atoms with Gasteiger partial charge in [-0.2, -0.15) is 13.2 Å². The second-order valence-corrected chi connectivity index (χ2v) is 4.10. The van der Waals surface area contributed by atoms with Crippen LogP contribution in [0.15, 0.2) is 12.1 Å². The molecule has 0 spiro atoms. The molecule has 0 amide bonds.